The van der Waals surface area contributed by atoms with Crippen molar-refractivity contribution in [1.82, 2.24) is 4.98 Å². The Bertz CT molecular complexity index is 394. The van der Waals surface area contributed by atoms with Gasteiger partial charge in [0.1, 0.15) is 0 Å². The smallest absolute Gasteiger partial charge is 0.248 e. The fourth-order valence-electron chi connectivity index (χ4n) is 2.70. The molecule has 1 aromatic rings. The zero-order valence-electron chi connectivity index (χ0n) is 10.6. The van der Waals surface area contributed by atoms with Crippen LogP contribution in [-0.4, -0.2) is 4.98 Å². The summed E-state index contributed by atoms with van der Waals surface area (Å²) in [4.78, 5) is 14.2. The molecule has 1 heterocycles. The van der Waals surface area contributed by atoms with E-state index >= 15 is 0 Å². The van der Waals surface area contributed by atoms with Crippen molar-refractivity contribution in [2.75, 3.05) is 0 Å². The summed E-state index contributed by atoms with van der Waals surface area (Å²) in [6, 6.07) is 1.81. The van der Waals surface area contributed by atoms with E-state index in [1.54, 1.807) is 6.07 Å². The third-order valence-electron chi connectivity index (χ3n) is 3.75. The quantitative estimate of drug-likeness (QED) is 0.729. The summed E-state index contributed by atoms with van der Waals surface area (Å²) < 4.78 is 0. The Hall–Kier alpha value is -1.05. The lowest BCUT2D eigenvalue weighted by atomic mass is 9.96. The molecule has 0 unspecified atom stereocenters. The summed E-state index contributed by atoms with van der Waals surface area (Å²) in [5.74, 6) is 0. The van der Waals surface area contributed by atoms with Gasteiger partial charge in [-0.15, -0.1) is 0 Å². The molecule has 2 rings (SSSR count). The number of aromatic amines is 1. The summed E-state index contributed by atoms with van der Waals surface area (Å²) in [7, 11) is 0. The van der Waals surface area contributed by atoms with Gasteiger partial charge in [-0.25, -0.2) is 0 Å². The molecule has 0 atom stereocenters. The minimum absolute atomic E-state index is 0.0517. The molecular weight excluding hydrogens is 210 g/mol. The number of hydrogen-bond donors (Lipinski definition) is 1. The number of aromatic nitrogens is 1. The fraction of sp³-hybridized carbons (Fsp3) is 0.667. The summed E-state index contributed by atoms with van der Waals surface area (Å²) in [5, 5.41) is 0. The lowest BCUT2D eigenvalue weighted by Gasteiger charge is -2.10. The van der Waals surface area contributed by atoms with Crippen molar-refractivity contribution in [2.45, 2.75) is 64.2 Å². The van der Waals surface area contributed by atoms with E-state index < -0.39 is 0 Å². The second-order valence-corrected chi connectivity index (χ2v) is 5.18. The molecule has 2 heteroatoms. The average Bonchev–Trinajstić information content (AvgIpc) is 2.31. The highest BCUT2D eigenvalue weighted by atomic mass is 16.1. The third kappa shape index (κ3) is 4.03. The number of rotatable bonds is 0. The van der Waals surface area contributed by atoms with Gasteiger partial charge in [0, 0.05) is 12.3 Å². The minimum Gasteiger partial charge on any atom is -0.329 e. The Morgan fingerprint density at radius 3 is 1.94 bits per heavy atom. The summed E-state index contributed by atoms with van der Waals surface area (Å²) in [6.07, 6.45) is 14.8. The van der Waals surface area contributed by atoms with E-state index in [0.29, 0.717) is 0 Å². The van der Waals surface area contributed by atoms with Crippen LogP contribution < -0.4 is 5.56 Å². The molecule has 0 amide bonds. The van der Waals surface area contributed by atoms with Crippen molar-refractivity contribution >= 4 is 0 Å². The van der Waals surface area contributed by atoms with Crippen molar-refractivity contribution in [3.8, 4) is 0 Å². The summed E-state index contributed by atoms with van der Waals surface area (Å²) >= 11 is 0. The van der Waals surface area contributed by atoms with Gasteiger partial charge in [-0.05, 0) is 36.8 Å². The molecule has 94 valence electrons. The first-order chi connectivity index (χ1) is 8.36. The lowest BCUT2D eigenvalue weighted by molar-refractivity contribution is 0.559. The minimum atomic E-state index is 0.0517. The van der Waals surface area contributed by atoms with Crippen molar-refractivity contribution < 1.29 is 0 Å². The largest absolute Gasteiger partial charge is 0.329 e. The second-order valence-electron chi connectivity index (χ2n) is 5.18. The van der Waals surface area contributed by atoms with Crippen molar-refractivity contribution in [3.05, 3.63) is 33.7 Å². The first-order valence-electron chi connectivity index (χ1n) is 7.07. The van der Waals surface area contributed by atoms with E-state index in [1.807, 2.05) is 6.20 Å². The fourth-order valence-corrected chi connectivity index (χ4v) is 2.70. The van der Waals surface area contributed by atoms with E-state index in [9.17, 15) is 4.79 Å². The van der Waals surface area contributed by atoms with Gasteiger partial charge in [-0.2, -0.15) is 0 Å². The molecule has 0 fully saturated rings. The zero-order valence-corrected chi connectivity index (χ0v) is 10.6. The zero-order chi connectivity index (χ0) is 11.9. The molecule has 1 aromatic heterocycles. The number of hydrogen-bond acceptors (Lipinski definition) is 1. The second kappa shape index (κ2) is 6.63. The van der Waals surface area contributed by atoms with Gasteiger partial charge < -0.3 is 4.98 Å². The van der Waals surface area contributed by atoms with Gasteiger partial charge in [-0.1, -0.05) is 38.5 Å². The van der Waals surface area contributed by atoms with Crippen LogP contribution in [0.1, 0.15) is 62.5 Å². The van der Waals surface area contributed by atoms with Crippen LogP contribution in [0.3, 0.4) is 0 Å². The predicted molar refractivity (Wildman–Crippen MR) is 71.4 cm³/mol. The average molecular weight is 233 g/mol. The number of aryl methyl sites for hydroxylation is 2. The molecule has 2 nitrogen and oxygen atoms in total. The van der Waals surface area contributed by atoms with Crippen LogP contribution in [0.15, 0.2) is 17.1 Å². The van der Waals surface area contributed by atoms with E-state index in [0.717, 1.165) is 12.8 Å². The van der Waals surface area contributed by atoms with E-state index in [4.69, 9.17) is 0 Å². The van der Waals surface area contributed by atoms with Gasteiger partial charge in [-0.3, -0.25) is 4.79 Å². The maximum atomic E-state index is 11.4. The number of nitrogens with one attached hydrogen (secondary N) is 1. The number of pyridine rings is 1. The van der Waals surface area contributed by atoms with Crippen molar-refractivity contribution in [3.63, 3.8) is 0 Å². The van der Waals surface area contributed by atoms with E-state index in [-0.39, 0.29) is 5.56 Å². The molecule has 0 saturated carbocycles. The molecular formula is C15H23NO. The first kappa shape index (κ1) is 12.4. The van der Waals surface area contributed by atoms with E-state index in [1.165, 1.54) is 62.5 Å². The molecule has 0 bridgehead atoms. The lowest BCUT2D eigenvalue weighted by Crippen LogP contribution is -2.09. The molecule has 0 aliphatic heterocycles. The molecule has 1 aliphatic rings. The monoisotopic (exact) mass is 233 g/mol. The topological polar surface area (TPSA) is 32.9 Å². The maximum Gasteiger partial charge on any atom is 0.248 e. The Morgan fingerprint density at radius 2 is 1.29 bits per heavy atom. The molecule has 1 aliphatic carbocycles. The maximum absolute atomic E-state index is 11.4. The van der Waals surface area contributed by atoms with E-state index in [2.05, 4.69) is 4.98 Å². The van der Waals surface area contributed by atoms with Crippen molar-refractivity contribution in [2.24, 2.45) is 0 Å². The van der Waals surface area contributed by atoms with Gasteiger partial charge in [0.25, 0.3) is 0 Å². The van der Waals surface area contributed by atoms with Crippen LogP contribution in [0.25, 0.3) is 0 Å². The number of fused-ring (bicyclic) bond motifs is 1. The van der Waals surface area contributed by atoms with Gasteiger partial charge >= 0.3 is 0 Å². The Balaban J connectivity index is 2.08. The van der Waals surface area contributed by atoms with Crippen LogP contribution in [-0.2, 0) is 12.8 Å². The van der Waals surface area contributed by atoms with Gasteiger partial charge in [0.2, 0.25) is 5.56 Å². The first-order valence-corrected chi connectivity index (χ1v) is 7.07. The predicted octanol–water partition coefficient (Wildman–Crippen LogP) is 3.59. The molecule has 0 aromatic carbocycles. The highest BCUT2D eigenvalue weighted by Crippen LogP contribution is 2.17. The molecule has 0 saturated heterocycles. The summed E-state index contributed by atoms with van der Waals surface area (Å²) in [5.41, 5.74) is 2.70. The summed E-state index contributed by atoms with van der Waals surface area (Å²) in [6.45, 7) is 0. The molecule has 0 radical (unpaired) electrons. The van der Waals surface area contributed by atoms with Crippen LogP contribution in [0.2, 0.25) is 0 Å². The Morgan fingerprint density at radius 1 is 0.765 bits per heavy atom. The SMILES string of the molecule is O=c1cc2c(c[nH]1)CCCCCCCCCC2. The highest BCUT2D eigenvalue weighted by Gasteiger charge is 2.05. The van der Waals surface area contributed by atoms with Crippen LogP contribution in [0.4, 0.5) is 0 Å². The normalized spacial score (nSPS) is 18.8. The van der Waals surface area contributed by atoms with Gasteiger partial charge in [0.05, 0.1) is 0 Å². The van der Waals surface area contributed by atoms with Crippen molar-refractivity contribution in [1.29, 1.82) is 0 Å². The van der Waals surface area contributed by atoms with Crippen LogP contribution >= 0.6 is 0 Å². The van der Waals surface area contributed by atoms with Crippen LogP contribution in [0, 0.1) is 0 Å². The molecule has 0 spiro atoms. The molecule has 17 heavy (non-hydrogen) atoms. The van der Waals surface area contributed by atoms with Crippen LogP contribution in [0.5, 0.6) is 0 Å². The molecule has 1 N–H and O–H groups in total. The Labute approximate surface area is 103 Å². The van der Waals surface area contributed by atoms with Gasteiger partial charge in [0.15, 0.2) is 0 Å². The standard InChI is InChI=1S/C15H23NO/c17-15-11-13-9-7-5-3-1-2-4-6-8-10-14(13)12-16-15/h11-12H,1-10H2,(H,16,17). The number of H-pyrrole nitrogens is 1. The highest BCUT2D eigenvalue weighted by molar-refractivity contribution is 5.23. The Kier molecular flexibility index (Phi) is 4.84. The third-order valence-corrected chi connectivity index (χ3v) is 3.75.